The molecule has 0 amide bonds. The van der Waals surface area contributed by atoms with Gasteiger partial charge in [-0.15, -0.1) is 0 Å². The van der Waals surface area contributed by atoms with Crippen LogP contribution in [-0.2, 0) is 5.41 Å². The van der Waals surface area contributed by atoms with E-state index in [0.29, 0.717) is 5.52 Å². The van der Waals surface area contributed by atoms with Gasteiger partial charge in [0.2, 0.25) is 5.69 Å². The summed E-state index contributed by atoms with van der Waals surface area (Å²) in [6, 6.07) is 10.7. The number of aromatic nitrogens is 1. The molecule has 136 valence electrons. The van der Waals surface area contributed by atoms with Gasteiger partial charge < -0.3 is 5.11 Å². The highest BCUT2D eigenvalue weighted by molar-refractivity contribution is 6.06. The highest BCUT2D eigenvalue weighted by Crippen LogP contribution is 2.40. The van der Waals surface area contributed by atoms with Gasteiger partial charge in [-0.2, -0.15) is 4.58 Å². The van der Waals surface area contributed by atoms with Gasteiger partial charge in [0, 0.05) is 34.9 Å². The smallest absolute Gasteiger partial charge is 0.209 e. The summed E-state index contributed by atoms with van der Waals surface area (Å²) in [6.45, 7) is 6.18. The summed E-state index contributed by atoms with van der Waals surface area (Å²) in [4.78, 5) is 4.32. The lowest BCUT2D eigenvalue weighted by molar-refractivity contribution is -0.401. The zero-order valence-electron chi connectivity index (χ0n) is 15.9. The number of hydrogen-bond acceptors (Lipinski definition) is 2. The largest absolute Gasteiger partial charge is 0.505 e. The summed E-state index contributed by atoms with van der Waals surface area (Å²) in [5, 5.41) is 11.6. The van der Waals surface area contributed by atoms with Gasteiger partial charge in [0.1, 0.15) is 24.1 Å². The van der Waals surface area contributed by atoms with Crippen molar-refractivity contribution in [2.75, 3.05) is 7.05 Å². The van der Waals surface area contributed by atoms with Gasteiger partial charge in [-0.3, -0.25) is 4.98 Å². The first-order valence-corrected chi connectivity index (χ1v) is 8.97. The number of aryl methyl sites for hydroxylation is 1. The van der Waals surface area contributed by atoms with Crippen molar-refractivity contribution in [3.63, 3.8) is 0 Å². The fourth-order valence-corrected chi connectivity index (χ4v) is 4.03. The van der Waals surface area contributed by atoms with Crippen LogP contribution in [0.3, 0.4) is 0 Å². The molecule has 2 aromatic carbocycles. The molecular formula is C23H22FN2O+. The normalized spacial score (nSPS) is 15.7. The van der Waals surface area contributed by atoms with Crippen LogP contribution >= 0.6 is 0 Å². The van der Waals surface area contributed by atoms with E-state index in [0.717, 1.165) is 33.5 Å². The molecule has 3 nitrogen and oxygen atoms in total. The van der Waals surface area contributed by atoms with Crippen molar-refractivity contribution < 1.29 is 14.1 Å². The van der Waals surface area contributed by atoms with Gasteiger partial charge in [0.15, 0.2) is 5.71 Å². The number of hydrogen-bond donors (Lipinski definition) is 1. The van der Waals surface area contributed by atoms with Crippen molar-refractivity contribution >= 4 is 28.4 Å². The van der Waals surface area contributed by atoms with E-state index in [9.17, 15) is 9.50 Å². The summed E-state index contributed by atoms with van der Waals surface area (Å²) in [5.41, 5.74) is 5.06. The summed E-state index contributed by atoms with van der Waals surface area (Å²) in [6.07, 6.45) is 5.59. The maximum atomic E-state index is 13.8. The Morgan fingerprint density at radius 2 is 1.93 bits per heavy atom. The molecule has 3 aromatic rings. The van der Waals surface area contributed by atoms with Crippen LogP contribution in [0.15, 0.2) is 48.7 Å². The first-order valence-electron chi connectivity index (χ1n) is 8.97. The van der Waals surface area contributed by atoms with Crippen LogP contribution < -0.4 is 0 Å². The number of phenolic OH excluding ortho intramolecular Hbond substituents is 1. The van der Waals surface area contributed by atoms with Gasteiger partial charge in [-0.1, -0.05) is 6.07 Å². The van der Waals surface area contributed by atoms with Crippen LogP contribution in [0.5, 0.6) is 5.75 Å². The number of allylic oxidation sites excluding steroid dienone is 1. The first-order chi connectivity index (χ1) is 12.8. The third kappa shape index (κ3) is 2.64. The van der Waals surface area contributed by atoms with Crippen LogP contribution in [0.25, 0.3) is 17.0 Å². The predicted octanol–water partition coefficient (Wildman–Crippen LogP) is 5.11. The van der Waals surface area contributed by atoms with Crippen molar-refractivity contribution in [1.29, 1.82) is 0 Å². The third-order valence-corrected chi connectivity index (χ3v) is 5.52. The quantitative estimate of drug-likeness (QED) is 0.644. The summed E-state index contributed by atoms with van der Waals surface area (Å²) < 4.78 is 15.8. The second-order valence-electron chi connectivity index (χ2n) is 7.59. The maximum Gasteiger partial charge on any atom is 0.209 e. The lowest BCUT2D eigenvalue weighted by Crippen LogP contribution is -2.26. The fourth-order valence-electron chi connectivity index (χ4n) is 4.03. The van der Waals surface area contributed by atoms with Crippen LogP contribution in [0.4, 0.5) is 10.1 Å². The van der Waals surface area contributed by atoms with Crippen molar-refractivity contribution in [1.82, 2.24) is 4.98 Å². The van der Waals surface area contributed by atoms with Crippen LogP contribution in [0.2, 0.25) is 0 Å². The highest BCUT2D eigenvalue weighted by Gasteiger charge is 2.43. The molecule has 0 saturated carbocycles. The minimum absolute atomic E-state index is 0.176. The Bertz CT molecular complexity index is 1140. The van der Waals surface area contributed by atoms with Crippen LogP contribution in [-0.4, -0.2) is 27.4 Å². The second-order valence-corrected chi connectivity index (χ2v) is 7.59. The van der Waals surface area contributed by atoms with E-state index in [1.54, 1.807) is 12.3 Å². The molecule has 2 heterocycles. The minimum Gasteiger partial charge on any atom is -0.505 e. The molecule has 0 aliphatic carbocycles. The number of nitrogens with zero attached hydrogens (tertiary/aromatic N) is 2. The van der Waals surface area contributed by atoms with Crippen molar-refractivity contribution in [2.24, 2.45) is 0 Å². The van der Waals surface area contributed by atoms with E-state index >= 15 is 0 Å². The number of benzene rings is 2. The van der Waals surface area contributed by atoms with Crippen molar-refractivity contribution in [3.8, 4) is 5.75 Å². The highest BCUT2D eigenvalue weighted by atomic mass is 19.1. The number of phenols is 1. The molecule has 0 radical (unpaired) electrons. The van der Waals surface area contributed by atoms with Crippen LogP contribution in [0, 0.1) is 12.7 Å². The van der Waals surface area contributed by atoms with Gasteiger partial charge in [-0.25, -0.2) is 4.39 Å². The summed E-state index contributed by atoms with van der Waals surface area (Å²) in [5.74, 6) is -0.0515. The molecule has 4 heteroatoms. The first kappa shape index (κ1) is 17.4. The van der Waals surface area contributed by atoms with E-state index < -0.39 is 0 Å². The Morgan fingerprint density at radius 1 is 1.15 bits per heavy atom. The number of pyridine rings is 1. The molecule has 1 aromatic heterocycles. The Labute approximate surface area is 158 Å². The third-order valence-electron chi connectivity index (χ3n) is 5.52. The molecule has 1 aliphatic rings. The number of aromatic hydroxyl groups is 1. The average Bonchev–Trinajstić information content (AvgIpc) is 2.83. The Hall–Kier alpha value is -3.01. The van der Waals surface area contributed by atoms with Crippen molar-refractivity contribution in [2.45, 2.75) is 26.2 Å². The standard InChI is InChI=1S/C23H21FN2O/c1-14-12-15(22(27)21-17(14)6-5-11-25-21)7-10-20-23(2,3)18-13-16(24)8-9-19(18)26(20)4/h5-13H,1-4H3/p+1. The lowest BCUT2D eigenvalue weighted by atomic mass is 9.81. The molecule has 0 spiro atoms. The molecule has 0 atom stereocenters. The Kier molecular flexibility index (Phi) is 3.88. The van der Waals surface area contributed by atoms with E-state index in [4.69, 9.17) is 0 Å². The molecule has 0 unspecified atom stereocenters. The summed E-state index contributed by atoms with van der Waals surface area (Å²) >= 11 is 0. The second kappa shape index (κ2) is 6.02. The molecule has 27 heavy (non-hydrogen) atoms. The number of rotatable bonds is 2. The predicted molar refractivity (Wildman–Crippen MR) is 107 cm³/mol. The SMILES string of the molecule is Cc1cc(/C=C/C2=[N+](C)c3ccc(F)cc3C2(C)C)c(O)c2ncccc12. The van der Waals surface area contributed by atoms with E-state index in [-0.39, 0.29) is 17.0 Å². The van der Waals surface area contributed by atoms with Gasteiger partial charge in [-0.05, 0) is 56.7 Å². The Morgan fingerprint density at radius 3 is 2.70 bits per heavy atom. The van der Waals surface area contributed by atoms with E-state index in [1.807, 2.05) is 50.4 Å². The van der Waals surface area contributed by atoms with Gasteiger partial charge in [0.25, 0.3) is 0 Å². The zero-order chi connectivity index (χ0) is 19.3. The molecule has 4 rings (SSSR count). The molecule has 0 saturated heterocycles. The fraction of sp³-hybridized carbons (Fsp3) is 0.217. The van der Waals surface area contributed by atoms with Crippen LogP contribution in [0.1, 0.15) is 30.5 Å². The topological polar surface area (TPSA) is 36.1 Å². The lowest BCUT2D eigenvalue weighted by Gasteiger charge is -2.15. The molecule has 0 fully saturated rings. The Balaban J connectivity index is 1.81. The van der Waals surface area contributed by atoms with Crippen molar-refractivity contribution in [3.05, 3.63) is 71.2 Å². The minimum atomic E-state index is -0.331. The zero-order valence-corrected chi connectivity index (χ0v) is 15.9. The van der Waals surface area contributed by atoms with Gasteiger partial charge >= 0.3 is 0 Å². The van der Waals surface area contributed by atoms with E-state index in [2.05, 4.69) is 23.4 Å². The maximum absolute atomic E-state index is 13.8. The molecule has 1 N–H and O–H groups in total. The molecular weight excluding hydrogens is 339 g/mol. The molecule has 1 aliphatic heterocycles. The summed E-state index contributed by atoms with van der Waals surface area (Å²) in [7, 11) is 1.98. The molecule has 0 bridgehead atoms. The average molecular weight is 361 g/mol. The van der Waals surface area contributed by atoms with E-state index in [1.165, 1.54) is 6.07 Å². The monoisotopic (exact) mass is 361 g/mol. The number of fused-ring (bicyclic) bond motifs is 2. The number of halogens is 1. The van der Waals surface area contributed by atoms with Gasteiger partial charge in [0.05, 0.1) is 5.41 Å².